The van der Waals surface area contributed by atoms with Crippen molar-refractivity contribution in [1.29, 1.82) is 0 Å². The molecule has 0 saturated carbocycles. The molecule has 18 heavy (non-hydrogen) atoms. The van der Waals surface area contributed by atoms with Crippen LogP contribution in [0.3, 0.4) is 0 Å². The minimum absolute atomic E-state index is 0.434. The van der Waals surface area contributed by atoms with Crippen molar-refractivity contribution in [3.63, 3.8) is 0 Å². The Morgan fingerprint density at radius 3 is 2.72 bits per heavy atom. The number of nitrogens with zero attached hydrogens (tertiary/aromatic N) is 1. The Labute approximate surface area is 111 Å². The van der Waals surface area contributed by atoms with Crippen LogP contribution in [0.1, 0.15) is 32.8 Å². The summed E-state index contributed by atoms with van der Waals surface area (Å²) in [5, 5.41) is 0. The second kappa shape index (κ2) is 5.31. The van der Waals surface area contributed by atoms with Gasteiger partial charge in [0.15, 0.2) is 0 Å². The van der Waals surface area contributed by atoms with Gasteiger partial charge in [0.05, 0.1) is 7.11 Å². The van der Waals surface area contributed by atoms with Crippen LogP contribution in [0.2, 0.25) is 0 Å². The molecule has 0 N–H and O–H groups in total. The molecule has 0 spiro atoms. The molecule has 1 atom stereocenters. The quantitative estimate of drug-likeness (QED) is 0.809. The van der Waals surface area contributed by atoms with Crippen LogP contribution in [0, 0.1) is 11.3 Å². The highest BCUT2D eigenvalue weighted by Crippen LogP contribution is 2.34. The van der Waals surface area contributed by atoms with Crippen molar-refractivity contribution in [2.45, 2.75) is 33.7 Å². The Balaban J connectivity index is 1.95. The minimum atomic E-state index is 0.434. The van der Waals surface area contributed by atoms with Crippen molar-refractivity contribution in [1.82, 2.24) is 4.90 Å². The first kappa shape index (κ1) is 13.4. The van der Waals surface area contributed by atoms with Crippen LogP contribution in [0.4, 0.5) is 0 Å². The number of rotatable bonds is 3. The van der Waals surface area contributed by atoms with Gasteiger partial charge < -0.3 is 4.74 Å². The normalized spacial score (nSPS) is 21.2. The van der Waals surface area contributed by atoms with E-state index in [9.17, 15) is 0 Å². The summed E-state index contributed by atoms with van der Waals surface area (Å²) in [6, 6.07) is 8.41. The molecule has 0 bridgehead atoms. The summed E-state index contributed by atoms with van der Waals surface area (Å²) in [5.41, 5.74) is 1.78. The van der Waals surface area contributed by atoms with Crippen molar-refractivity contribution < 1.29 is 4.74 Å². The van der Waals surface area contributed by atoms with Gasteiger partial charge in [-0.3, -0.25) is 4.90 Å². The summed E-state index contributed by atoms with van der Waals surface area (Å²) < 4.78 is 5.28. The molecule has 2 rings (SSSR count). The highest BCUT2D eigenvalue weighted by Gasteiger charge is 2.31. The minimum Gasteiger partial charge on any atom is -0.497 e. The first-order chi connectivity index (χ1) is 8.49. The van der Waals surface area contributed by atoms with E-state index in [1.807, 2.05) is 6.07 Å². The van der Waals surface area contributed by atoms with Crippen LogP contribution in [0.15, 0.2) is 24.3 Å². The van der Waals surface area contributed by atoms with Gasteiger partial charge in [0.1, 0.15) is 5.75 Å². The van der Waals surface area contributed by atoms with E-state index in [0.29, 0.717) is 5.41 Å². The molecule has 0 amide bonds. The third kappa shape index (κ3) is 3.26. The monoisotopic (exact) mass is 247 g/mol. The Kier molecular flexibility index (Phi) is 3.96. The van der Waals surface area contributed by atoms with Crippen molar-refractivity contribution in [2.24, 2.45) is 11.3 Å². The molecule has 1 aromatic rings. The van der Waals surface area contributed by atoms with E-state index in [2.05, 4.69) is 43.9 Å². The van der Waals surface area contributed by atoms with Crippen molar-refractivity contribution in [3.8, 4) is 5.75 Å². The van der Waals surface area contributed by atoms with E-state index in [1.54, 1.807) is 7.11 Å². The molecule has 1 fully saturated rings. The van der Waals surface area contributed by atoms with Gasteiger partial charge in [0, 0.05) is 13.1 Å². The molecule has 0 aliphatic carbocycles. The molecule has 0 radical (unpaired) electrons. The molecule has 1 unspecified atom stereocenters. The van der Waals surface area contributed by atoms with Gasteiger partial charge >= 0.3 is 0 Å². The molecule has 1 aromatic carbocycles. The molecular formula is C16H25NO. The number of methoxy groups -OCH3 is 1. The lowest BCUT2D eigenvalue weighted by Crippen LogP contribution is -2.25. The Morgan fingerprint density at radius 1 is 1.33 bits per heavy atom. The molecule has 100 valence electrons. The fourth-order valence-corrected chi connectivity index (χ4v) is 2.71. The van der Waals surface area contributed by atoms with E-state index < -0.39 is 0 Å². The summed E-state index contributed by atoms with van der Waals surface area (Å²) in [7, 11) is 1.73. The fourth-order valence-electron chi connectivity index (χ4n) is 2.71. The second-order valence-corrected chi connectivity index (χ2v) is 6.44. The highest BCUT2D eigenvalue weighted by molar-refractivity contribution is 5.28. The van der Waals surface area contributed by atoms with Gasteiger partial charge in [-0.05, 0) is 42.0 Å². The first-order valence-electron chi connectivity index (χ1n) is 6.84. The van der Waals surface area contributed by atoms with E-state index in [1.165, 1.54) is 25.1 Å². The number of hydrogen-bond donors (Lipinski definition) is 0. The van der Waals surface area contributed by atoms with Gasteiger partial charge in [-0.1, -0.05) is 32.9 Å². The smallest absolute Gasteiger partial charge is 0.119 e. The number of hydrogen-bond acceptors (Lipinski definition) is 2. The summed E-state index contributed by atoms with van der Waals surface area (Å²) in [5.74, 6) is 1.78. The largest absolute Gasteiger partial charge is 0.497 e. The SMILES string of the molecule is COc1cccc(CN2CCC(C(C)(C)C)C2)c1. The molecular weight excluding hydrogens is 222 g/mol. The first-order valence-corrected chi connectivity index (χ1v) is 6.84. The third-order valence-electron chi connectivity index (χ3n) is 4.04. The molecule has 1 aliphatic heterocycles. The van der Waals surface area contributed by atoms with Crippen LogP contribution >= 0.6 is 0 Å². The zero-order valence-corrected chi connectivity index (χ0v) is 12.1. The van der Waals surface area contributed by atoms with Crippen LogP contribution in [-0.4, -0.2) is 25.1 Å². The lowest BCUT2D eigenvalue weighted by molar-refractivity contribution is 0.226. The lowest BCUT2D eigenvalue weighted by Gasteiger charge is -2.27. The average Bonchev–Trinajstić information content (AvgIpc) is 2.77. The third-order valence-corrected chi connectivity index (χ3v) is 4.04. The summed E-state index contributed by atoms with van der Waals surface area (Å²) in [4.78, 5) is 2.56. The van der Waals surface area contributed by atoms with Crippen LogP contribution in [0.5, 0.6) is 5.75 Å². The molecule has 1 saturated heterocycles. The van der Waals surface area contributed by atoms with Crippen molar-refractivity contribution in [3.05, 3.63) is 29.8 Å². The van der Waals surface area contributed by atoms with Crippen LogP contribution < -0.4 is 4.74 Å². The van der Waals surface area contributed by atoms with Gasteiger partial charge in [-0.25, -0.2) is 0 Å². The predicted molar refractivity (Wildman–Crippen MR) is 75.8 cm³/mol. The maximum atomic E-state index is 5.28. The molecule has 2 nitrogen and oxygen atoms in total. The van der Waals surface area contributed by atoms with Crippen molar-refractivity contribution >= 4 is 0 Å². The maximum Gasteiger partial charge on any atom is 0.119 e. The van der Waals surface area contributed by atoms with Gasteiger partial charge in [0.25, 0.3) is 0 Å². The van der Waals surface area contributed by atoms with Crippen LogP contribution in [0.25, 0.3) is 0 Å². The summed E-state index contributed by atoms with van der Waals surface area (Å²) in [6.45, 7) is 10.6. The molecule has 0 aromatic heterocycles. The molecule has 1 aliphatic rings. The van der Waals surface area contributed by atoms with Gasteiger partial charge in [-0.2, -0.15) is 0 Å². The standard InChI is InChI=1S/C16H25NO/c1-16(2,3)14-8-9-17(12-14)11-13-6-5-7-15(10-13)18-4/h5-7,10,14H,8-9,11-12H2,1-4H3. The number of benzene rings is 1. The zero-order chi connectivity index (χ0) is 13.2. The topological polar surface area (TPSA) is 12.5 Å². The Hall–Kier alpha value is -1.02. The van der Waals surface area contributed by atoms with E-state index in [4.69, 9.17) is 4.74 Å². The van der Waals surface area contributed by atoms with Crippen LogP contribution in [-0.2, 0) is 6.54 Å². The average molecular weight is 247 g/mol. The zero-order valence-electron chi connectivity index (χ0n) is 12.1. The predicted octanol–water partition coefficient (Wildman–Crippen LogP) is 3.56. The fraction of sp³-hybridized carbons (Fsp3) is 0.625. The molecule has 2 heteroatoms. The van der Waals surface area contributed by atoms with Gasteiger partial charge in [-0.15, -0.1) is 0 Å². The van der Waals surface area contributed by atoms with E-state index >= 15 is 0 Å². The highest BCUT2D eigenvalue weighted by atomic mass is 16.5. The van der Waals surface area contributed by atoms with Gasteiger partial charge in [0.2, 0.25) is 0 Å². The van der Waals surface area contributed by atoms with Crippen molar-refractivity contribution in [2.75, 3.05) is 20.2 Å². The summed E-state index contributed by atoms with van der Waals surface area (Å²) >= 11 is 0. The maximum absolute atomic E-state index is 5.28. The second-order valence-electron chi connectivity index (χ2n) is 6.44. The Morgan fingerprint density at radius 2 is 2.11 bits per heavy atom. The number of ether oxygens (including phenoxy) is 1. The summed E-state index contributed by atoms with van der Waals surface area (Å²) in [6.07, 6.45) is 1.33. The Bertz CT molecular complexity index is 394. The van der Waals surface area contributed by atoms with E-state index in [-0.39, 0.29) is 0 Å². The molecule has 1 heterocycles. The number of likely N-dealkylation sites (tertiary alicyclic amines) is 1. The lowest BCUT2D eigenvalue weighted by atomic mass is 9.80. The van der Waals surface area contributed by atoms with E-state index in [0.717, 1.165) is 18.2 Å².